The van der Waals surface area contributed by atoms with Gasteiger partial charge in [-0.25, -0.2) is 9.59 Å². The van der Waals surface area contributed by atoms with Crippen LogP contribution in [0.25, 0.3) is 11.1 Å². The number of nitrogens with zero attached hydrogens (tertiary/aromatic N) is 1. The predicted octanol–water partition coefficient (Wildman–Crippen LogP) is 3.91. The molecule has 2 aromatic carbocycles. The Morgan fingerprint density at radius 3 is 2.09 bits per heavy atom. The zero-order valence-corrected chi connectivity index (χ0v) is 19.0. The maximum absolute atomic E-state index is 13.5. The molecule has 2 aromatic rings. The molecule has 176 valence electrons. The van der Waals surface area contributed by atoms with E-state index in [9.17, 15) is 19.5 Å². The van der Waals surface area contributed by atoms with Crippen LogP contribution in [0, 0.1) is 5.92 Å². The van der Waals surface area contributed by atoms with Crippen LogP contribution in [-0.2, 0) is 14.3 Å². The van der Waals surface area contributed by atoms with Crippen molar-refractivity contribution in [1.82, 2.24) is 10.2 Å². The van der Waals surface area contributed by atoms with Crippen LogP contribution in [0.1, 0.15) is 55.6 Å². The lowest BCUT2D eigenvalue weighted by atomic mass is 9.70. The summed E-state index contributed by atoms with van der Waals surface area (Å²) in [6, 6.07) is 16.3. The Morgan fingerprint density at radius 2 is 1.53 bits per heavy atom. The minimum atomic E-state index is -1.13. The van der Waals surface area contributed by atoms with Gasteiger partial charge in [0.05, 0.1) is 0 Å². The van der Waals surface area contributed by atoms with Crippen LogP contribution in [0.3, 0.4) is 0 Å². The van der Waals surface area contributed by atoms with Gasteiger partial charge in [0, 0.05) is 12.5 Å². The van der Waals surface area contributed by atoms with E-state index in [4.69, 9.17) is 4.74 Å². The van der Waals surface area contributed by atoms with Gasteiger partial charge >= 0.3 is 12.1 Å². The first-order valence-electron chi connectivity index (χ1n) is 12.1. The van der Waals surface area contributed by atoms with Crippen molar-refractivity contribution in [2.45, 2.75) is 55.5 Å². The van der Waals surface area contributed by atoms with Crippen LogP contribution in [0.2, 0.25) is 0 Å². The van der Waals surface area contributed by atoms with Gasteiger partial charge in [-0.15, -0.1) is 0 Å². The second-order valence-corrected chi connectivity index (χ2v) is 10.2. The van der Waals surface area contributed by atoms with Crippen LogP contribution in [-0.4, -0.2) is 52.2 Å². The van der Waals surface area contributed by atoms with E-state index in [-0.39, 0.29) is 18.4 Å². The van der Waals surface area contributed by atoms with Crippen molar-refractivity contribution in [1.29, 1.82) is 0 Å². The highest BCUT2D eigenvalue weighted by Crippen LogP contribution is 2.48. The number of amides is 2. The first kappa shape index (κ1) is 21.2. The summed E-state index contributed by atoms with van der Waals surface area (Å²) in [7, 11) is 0. The van der Waals surface area contributed by atoms with Gasteiger partial charge in [0.2, 0.25) is 5.91 Å². The number of nitrogens with one attached hydrogen (secondary N) is 1. The minimum Gasteiger partial charge on any atom is -0.479 e. The Kier molecular flexibility index (Phi) is 4.73. The van der Waals surface area contributed by atoms with E-state index in [0.717, 1.165) is 35.1 Å². The molecule has 2 aliphatic heterocycles. The van der Waals surface area contributed by atoms with Crippen molar-refractivity contribution in [3.63, 3.8) is 0 Å². The lowest BCUT2D eigenvalue weighted by Gasteiger charge is -2.52. The number of carboxylic acid groups (broad SMARTS) is 1. The highest BCUT2D eigenvalue weighted by Gasteiger charge is 2.61. The number of hydrogen-bond donors (Lipinski definition) is 2. The van der Waals surface area contributed by atoms with Crippen LogP contribution in [0.4, 0.5) is 4.79 Å². The van der Waals surface area contributed by atoms with Crippen molar-refractivity contribution in [2.24, 2.45) is 5.92 Å². The first-order chi connectivity index (χ1) is 16.4. The first-order valence-corrected chi connectivity index (χ1v) is 12.1. The number of rotatable bonds is 5. The summed E-state index contributed by atoms with van der Waals surface area (Å²) in [5.74, 6) is -0.920. The molecule has 0 radical (unpaired) electrons. The molecule has 7 rings (SSSR count). The van der Waals surface area contributed by atoms with Gasteiger partial charge in [-0.1, -0.05) is 48.5 Å². The topological polar surface area (TPSA) is 95.9 Å². The molecule has 34 heavy (non-hydrogen) atoms. The van der Waals surface area contributed by atoms with Crippen LogP contribution >= 0.6 is 0 Å². The Hall–Kier alpha value is -3.35. The highest BCUT2D eigenvalue weighted by atomic mass is 16.5. The Balaban J connectivity index is 1.15. The summed E-state index contributed by atoms with van der Waals surface area (Å²) < 4.78 is 5.65. The van der Waals surface area contributed by atoms with E-state index >= 15 is 0 Å². The van der Waals surface area contributed by atoms with E-state index in [0.29, 0.717) is 38.1 Å². The second kappa shape index (κ2) is 7.58. The molecule has 2 heterocycles. The molecule has 2 saturated carbocycles. The number of alkyl carbamates (subject to hydrolysis) is 1. The number of aliphatic carboxylic acids is 1. The van der Waals surface area contributed by atoms with Crippen LogP contribution in [0.15, 0.2) is 48.5 Å². The molecular weight excluding hydrogens is 432 g/mol. The molecule has 5 aliphatic rings. The average molecular weight is 461 g/mol. The average Bonchev–Trinajstić information content (AvgIpc) is 3.58. The standard InChI is InChI=1S/C27H28N2O5/c30-23(29-15-17-9-11-27(29,12-10-17)24(31)32)26(13-14-26)28-25(33)34-16-22-20-7-3-1-5-18(20)19-6-2-4-8-21(19)22/h1-8,17,22H,9-16H2,(H,28,33)(H,31,32). The normalized spacial score (nSPS) is 25.9. The molecule has 0 aromatic heterocycles. The molecule has 0 atom stereocenters. The van der Waals surface area contributed by atoms with E-state index in [1.807, 2.05) is 24.3 Å². The number of hydrogen-bond acceptors (Lipinski definition) is 4. The molecule has 2 N–H and O–H groups in total. The lowest BCUT2D eigenvalue weighted by molar-refractivity contribution is -0.171. The zero-order chi connectivity index (χ0) is 23.5. The summed E-state index contributed by atoms with van der Waals surface area (Å²) in [5, 5.41) is 12.8. The monoisotopic (exact) mass is 460 g/mol. The van der Waals surface area contributed by atoms with Gasteiger partial charge in [-0.2, -0.15) is 0 Å². The fourth-order valence-electron chi connectivity index (χ4n) is 6.25. The van der Waals surface area contributed by atoms with E-state index in [1.54, 1.807) is 4.90 Å². The molecule has 4 fully saturated rings. The Morgan fingerprint density at radius 1 is 0.941 bits per heavy atom. The van der Waals surface area contributed by atoms with Crippen LogP contribution in [0.5, 0.6) is 0 Å². The number of piperidine rings is 2. The van der Waals surface area contributed by atoms with E-state index < -0.39 is 23.1 Å². The number of carboxylic acids is 1. The van der Waals surface area contributed by atoms with Gasteiger partial charge in [-0.05, 0) is 66.7 Å². The van der Waals surface area contributed by atoms with Crippen LogP contribution < -0.4 is 5.32 Å². The van der Waals surface area contributed by atoms with Crippen molar-refractivity contribution in [3.8, 4) is 11.1 Å². The van der Waals surface area contributed by atoms with Crippen molar-refractivity contribution in [3.05, 3.63) is 59.7 Å². The lowest BCUT2D eigenvalue weighted by Crippen LogP contribution is -2.67. The molecule has 2 bridgehead atoms. The van der Waals surface area contributed by atoms with Gasteiger partial charge in [0.25, 0.3) is 0 Å². The Bertz CT molecular complexity index is 1130. The summed E-state index contributed by atoms with van der Waals surface area (Å²) in [5.41, 5.74) is 2.38. The number of ether oxygens (including phenoxy) is 1. The molecule has 0 unspecified atom stereocenters. The third-order valence-electron chi connectivity index (χ3n) is 8.38. The Labute approximate surface area is 198 Å². The minimum absolute atomic E-state index is 0.0582. The maximum Gasteiger partial charge on any atom is 0.408 e. The number of carbonyl (C=O) groups excluding carboxylic acids is 2. The molecule has 3 aliphatic carbocycles. The van der Waals surface area contributed by atoms with Crippen molar-refractivity contribution >= 4 is 18.0 Å². The fourth-order valence-corrected chi connectivity index (χ4v) is 6.25. The third kappa shape index (κ3) is 3.13. The van der Waals surface area contributed by atoms with E-state index in [1.165, 1.54) is 0 Å². The summed E-state index contributed by atoms with van der Waals surface area (Å²) in [6.45, 7) is 0.633. The summed E-state index contributed by atoms with van der Waals surface area (Å²) in [4.78, 5) is 40.0. The largest absolute Gasteiger partial charge is 0.479 e. The van der Waals surface area contributed by atoms with E-state index in [2.05, 4.69) is 29.6 Å². The molecule has 2 saturated heterocycles. The molecule has 7 heteroatoms. The summed E-state index contributed by atoms with van der Waals surface area (Å²) >= 11 is 0. The van der Waals surface area contributed by atoms with Gasteiger partial charge in [-0.3, -0.25) is 4.79 Å². The summed E-state index contributed by atoms with van der Waals surface area (Å²) in [6.07, 6.45) is 3.03. The smallest absolute Gasteiger partial charge is 0.408 e. The highest BCUT2D eigenvalue weighted by molar-refractivity contribution is 5.97. The number of carbonyl (C=O) groups is 3. The molecular formula is C27H28N2O5. The van der Waals surface area contributed by atoms with Crippen molar-refractivity contribution in [2.75, 3.05) is 13.2 Å². The molecule has 2 amide bonds. The molecule has 7 nitrogen and oxygen atoms in total. The number of benzene rings is 2. The quantitative estimate of drug-likeness (QED) is 0.705. The second-order valence-electron chi connectivity index (χ2n) is 10.2. The van der Waals surface area contributed by atoms with Gasteiger partial charge < -0.3 is 20.1 Å². The number of fused-ring (bicyclic) bond motifs is 6. The van der Waals surface area contributed by atoms with Gasteiger partial charge in [0.15, 0.2) is 0 Å². The predicted molar refractivity (Wildman–Crippen MR) is 124 cm³/mol. The SMILES string of the molecule is O=C(NC1(C(=O)N2CC3CCC2(C(=O)O)CC3)CC1)OCC1c2ccccc2-c2ccccc21. The van der Waals surface area contributed by atoms with Crippen molar-refractivity contribution < 1.29 is 24.2 Å². The maximum atomic E-state index is 13.5. The zero-order valence-electron chi connectivity index (χ0n) is 19.0. The van der Waals surface area contributed by atoms with Gasteiger partial charge in [0.1, 0.15) is 17.7 Å². The molecule has 0 spiro atoms. The third-order valence-corrected chi connectivity index (χ3v) is 8.38. The fraction of sp³-hybridized carbons (Fsp3) is 0.444.